The molecule has 0 radical (unpaired) electrons. The molecule has 2 aliphatic carbocycles. The van der Waals surface area contributed by atoms with E-state index in [-0.39, 0.29) is 0 Å². The lowest BCUT2D eigenvalue weighted by Crippen LogP contribution is -2.28. The maximum Gasteiger partial charge on any atom is 0.419 e. The second kappa shape index (κ2) is 7.23. The summed E-state index contributed by atoms with van der Waals surface area (Å²) in [5.74, 6) is 1.76. The summed E-state index contributed by atoms with van der Waals surface area (Å²) in [6.07, 6.45) is -0.763. The molecule has 6 nitrogen and oxygen atoms in total. The molecule has 162 valence electrons. The normalized spacial score (nSPS) is 26.2. The number of rotatable bonds is 7. The predicted octanol–water partition coefficient (Wildman–Crippen LogP) is 3.25. The number of methoxy groups -OCH3 is 1. The van der Waals surface area contributed by atoms with Crippen LogP contribution in [0.25, 0.3) is 11.3 Å². The molecule has 2 aromatic heterocycles. The topological polar surface area (TPSA) is 69.2 Å². The summed E-state index contributed by atoms with van der Waals surface area (Å²) < 4.78 is 47.0. The fourth-order valence-corrected chi connectivity index (χ4v) is 4.83. The molecule has 3 heterocycles. The van der Waals surface area contributed by atoms with E-state index in [0.717, 1.165) is 44.5 Å². The van der Waals surface area contributed by atoms with Gasteiger partial charge in [-0.05, 0) is 42.7 Å². The Morgan fingerprint density at radius 2 is 1.93 bits per heavy atom. The van der Waals surface area contributed by atoms with Crippen molar-refractivity contribution in [1.82, 2.24) is 19.7 Å². The van der Waals surface area contributed by atoms with E-state index in [4.69, 9.17) is 15.6 Å². The van der Waals surface area contributed by atoms with Gasteiger partial charge in [0.25, 0.3) is 0 Å². The van der Waals surface area contributed by atoms with Crippen LogP contribution in [0.2, 0.25) is 0 Å². The highest BCUT2D eigenvalue weighted by Gasteiger charge is 2.57. The van der Waals surface area contributed by atoms with Gasteiger partial charge in [-0.1, -0.05) is 0 Å². The Morgan fingerprint density at radius 3 is 2.57 bits per heavy atom. The maximum absolute atomic E-state index is 13.3. The molecule has 0 aromatic carbocycles. The summed E-state index contributed by atoms with van der Waals surface area (Å²) >= 11 is 0. The number of ether oxygens (including phenoxy) is 1. The molecule has 3 atom stereocenters. The first-order chi connectivity index (χ1) is 14.3. The highest BCUT2D eigenvalue weighted by Crippen LogP contribution is 2.58. The first kappa shape index (κ1) is 19.8. The van der Waals surface area contributed by atoms with E-state index in [0.29, 0.717) is 34.9 Å². The molecule has 3 fully saturated rings. The minimum atomic E-state index is -4.54. The second-order valence-electron chi connectivity index (χ2n) is 8.84. The molecule has 30 heavy (non-hydrogen) atoms. The van der Waals surface area contributed by atoms with Gasteiger partial charge in [0.05, 0.1) is 17.9 Å². The van der Waals surface area contributed by atoms with Crippen molar-refractivity contribution in [3.63, 3.8) is 0 Å². The zero-order valence-corrected chi connectivity index (χ0v) is 16.9. The monoisotopic (exact) mass is 421 g/mol. The van der Waals surface area contributed by atoms with Crippen molar-refractivity contribution in [3.8, 4) is 11.3 Å². The summed E-state index contributed by atoms with van der Waals surface area (Å²) in [7, 11) is 1.72. The Balaban J connectivity index is 1.41. The Kier molecular flexibility index (Phi) is 4.77. The van der Waals surface area contributed by atoms with Crippen molar-refractivity contribution >= 4 is 5.82 Å². The number of nitrogen functional groups attached to an aromatic ring is 1. The minimum Gasteiger partial charge on any atom is -0.383 e. The van der Waals surface area contributed by atoms with Gasteiger partial charge in [-0.25, -0.2) is 4.98 Å². The molecule has 0 spiro atoms. The Morgan fingerprint density at radius 1 is 1.20 bits per heavy atom. The quantitative estimate of drug-likeness (QED) is 0.743. The van der Waals surface area contributed by atoms with E-state index < -0.39 is 17.6 Å². The highest BCUT2D eigenvalue weighted by molar-refractivity contribution is 5.63. The number of piperidine rings is 1. The van der Waals surface area contributed by atoms with Crippen molar-refractivity contribution in [3.05, 3.63) is 29.6 Å². The third-order valence-corrected chi connectivity index (χ3v) is 6.68. The van der Waals surface area contributed by atoms with Crippen molar-refractivity contribution in [1.29, 1.82) is 0 Å². The van der Waals surface area contributed by atoms with Crippen LogP contribution in [-0.4, -0.2) is 53.0 Å². The first-order valence-corrected chi connectivity index (χ1v) is 10.5. The lowest BCUT2D eigenvalue weighted by atomic mass is 10.1. The average Bonchev–Trinajstić information content (AvgIpc) is 3.54. The number of aromatic nitrogens is 3. The summed E-state index contributed by atoms with van der Waals surface area (Å²) in [6.45, 7) is 4.61. The summed E-state index contributed by atoms with van der Waals surface area (Å²) in [5, 5.41) is 4.71. The average molecular weight is 421 g/mol. The van der Waals surface area contributed by atoms with Crippen LogP contribution in [0.3, 0.4) is 0 Å². The SMILES string of the molecule is COCCN1C[C@@H]2[C@H](C1)[C@H]2c1cc(-c2cnc(N)c(C(F)(F)F)c2)nn1CC1CC1. The van der Waals surface area contributed by atoms with Gasteiger partial charge in [0, 0.05) is 56.7 Å². The van der Waals surface area contributed by atoms with Gasteiger partial charge >= 0.3 is 6.18 Å². The van der Waals surface area contributed by atoms with Gasteiger partial charge in [-0.3, -0.25) is 4.68 Å². The molecule has 2 aromatic rings. The third-order valence-electron chi connectivity index (χ3n) is 6.68. The fraction of sp³-hybridized carbons (Fsp3) is 0.619. The third kappa shape index (κ3) is 3.69. The summed E-state index contributed by atoms with van der Waals surface area (Å²) in [5.41, 5.74) is 6.62. The van der Waals surface area contributed by atoms with Gasteiger partial charge < -0.3 is 15.4 Å². The second-order valence-corrected chi connectivity index (χ2v) is 8.84. The van der Waals surface area contributed by atoms with Crippen molar-refractivity contribution in [2.24, 2.45) is 17.8 Å². The fourth-order valence-electron chi connectivity index (χ4n) is 4.83. The molecule has 1 aliphatic heterocycles. The number of hydrogen-bond donors (Lipinski definition) is 1. The molecule has 2 saturated carbocycles. The summed E-state index contributed by atoms with van der Waals surface area (Å²) in [4.78, 5) is 6.21. The molecule has 0 unspecified atom stereocenters. The number of pyridine rings is 1. The standard InChI is InChI=1S/C21H26F3N5O/c1-30-5-4-28-10-14-15(11-28)19(14)18-7-17(27-29(18)9-12-2-3-12)13-6-16(21(22,23)24)20(25)26-8-13/h6-8,12,14-15,19H,2-5,9-11H2,1H3,(H2,25,26)/t14-,15+,19+. The van der Waals surface area contributed by atoms with Crippen LogP contribution in [0.15, 0.2) is 18.3 Å². The zero-order chi connectivity index (χ0) is 21.0. The van der Waals surface area contributed by atoms with Gasteiger partial charge in [0.15, 0.2) is 0 Å². The number of hydrogen-bond acceptors (Lipinski definition) is 5. The molecule has 5 rings (SSSR count). The van der Waals surface area contributed by atoms with Crippen molar-refractivity contribution in [2.75, 3.05) is 39.1 Å². The predicted molar refractivity (Wildman–Crippen MR) is 106 cm³/mol. The number of alkyl halides is 3. The van der Waals surface area contributed by atoms with Crippen LogP contribution >= 0.6 is 0 Å². The van der Waals surface area contributed by atoms with E-state index in [1.807, 2.05) is 10.7 Å². The van der Waals surface area contributed by atoms with E-state index in [1.54, 1.807) is 7.11 Å². The number of halogens is 3. The molecular weight excluding hydrogens is 395 g/mol. The van der Waals surface area contributed by atoms with Crippen molar-refractivity contribution < 1.29 is 17.9 Å². The van der Waals surface area contributed by atoms with E-state index >= 15 is 0 Å². The molecule has 3 aliphatic rings. The van der Waals surface area contributed by atoms with Crippen LogP contribution in [0.4, 0.5) is 19.0 Å². The molecule has 2 N–H and O–H groups in total. The summed E-state index contributed by atoms with van der Waals surface area (Å²) in [6, 6.07) is 3.04. The van der Waals surface area contributed by atoms with Crippen LogP contribution in [-0.2, 0) is 17.5 Å². The Bertz CT molecular complexity index is 927. The molecule has 0 amide bonds. The molecule has 0 bridgehead atoms. The number of anilines is 1. The number of fused-ring (bicyclic) bond motifs is 1. The van der Waals surface area contributed by atoms with E-state index in [2.05, 4.69) is 9.88 Å². The lowest BCUT2D eigenvalue weighted by Gasteiger charge is -2.19. The zero-order valence-electron chi connectivity index (χ0n) is 16.9. The Labute approximate surface area is 173 Å². The van der Waals surface area contributed by atoms with E-state index in [1.165, 1.54) is 19.0 Å². The Hall–Kier alpha value is -2.13. The highest BCUT2D eigenvalue weighted by atomic mass is 19.4. The van der Waals surface area contributed by atoms with Crippen LogP contribution in [0.5, 0.6) is 0 Å². The lowest BCUT2D eigenvalue weighted by molar-refractivity contribution is -0.137. The molecular formula is C21H26F3N5O. The number of nitrogens with two attached hydrogens (primary N) is 1. The van der Waals surface area contributed by atoms with Gasteiger partial charge in [-0.15, -0.1) is 0 Å². The minimum absolute atomic E-state index is 0.361. The molecule has 9 heteroatoms. The van der Waals surface area contributed by atoms with Crippen molar-refractivity contribution in [2.45, 2.75) is 31.5 Å². The first-order valence-electron chi connectivity index (χ1n) is 10.5. The largest absolute Gasteiger partial charge is 0.419 e. The van der Waals surface area contributed by atoms with Crippen LogP contribution in [0.1, 0.15) is 30.0 Å². The molecule has 1 saturated heterocycles. The van der Waals surface area contributed by atoms with Crippen LogP contribution in [0, 0.1) is 17.8 Å². The van der Waals surface area contributed by atoms with Gasteiger partial charge in [-0.2, -0.15) is 18.3 Å². The van der Waals surface area contributed by atoms with Crippen LogP contribution < -0.4 is 5.73 Å². The van der Waals surface area contributed by atoms with Gasteiger partial charge in [0.1, 0.15) is 5.82 Å². The smallest absolute Gasteiger partial charge is 0.383 e. The number of likely N-dealkylation sites (tertiary alicyclic amines) is 1. The van der Waals surface area contributed by atoms with Gasteiger partial charge in [0.2, 0.25) is 0 Å². The van der Waals surface area contributed by atoms with E-state index in [9.17, 15) is 13.2 Å². The number of nitrogens with zero attached hydrogens (tertiary/aromatic N) is 4. The maximum atomic E-state index is 13.3.